The van der Waals surface area contributed by atoms with Crippen LogP contribution in [-0.4, -0.2) is 20.9 Å². The summed E-state index contributed by atoms with van der Waals surface area (Å²) < 4.78 is 28.4. The van der Waals surface area contributed by atoms with Gasteiger partial charge in [-0.2, -0.15) is 5.26 Å². The lowest BCUT2D eigenvalue weighted by Crippen LogP contribution is -2.35. The summed E-state index contributed by atoms with van der Waals surface area (Å²) in [6, 6.07) is 15.9. The highest BCUT2D eigenvalue weighted by atomic mass is 32.2. The molecule has 0 atom stereocenters. The van der Waals surface area contributed by atoms with Gasteiger partial charge in [-0.15, -0.1) is 11.3 Å². The van der Waals surface area contributed by atoms with Crippen LogP contribution in [0, 0.1) is 11.3 Å². The fourth-order valence-electron chi connectivity index (χ4n) is 4.62. The maximum atomic E-state index is 13.5. The van der Waals surface area contributed by atoms with Crippen LogP contribution in [0.3, 0.4) is 0 Å². The number of aryl methyl sites for hydroxylation is 2. The standard InChI is InChI=1S/C25H23N3O3S2/c26-16-21-20-11-2-4-13-23(20)32-25(21)27-24(29)18-8-5-10-19(15-18)33(30,31)28-14-6-9-17-7-1-3-12-22(17)28/h1,3,5,7-8,10,12,15H,2,4,6,9,11,13-14H2,(H,27,29). The van der Waals surface area contributed by atoms with E-state index in [9.17, 15) is 18.5 Å². The lowest BCUT2D eigenvalue weighted by molar-refractivity contribution is 0.102. The van der Waals surface area contributed by atoms with Gasteiger partial charge < -0.3 is 5.32 Å². The minimum absolute atomic E-state index is 0.0813. The average Bonchev–Trinajstić information content (AvgIpc) is 3.20. The van der Waals surface area contributed by atoms with E-state index in [0.29, 0.717) is 22.8 Å². The molecule has 2 aromatic carbocycles. The molecule has 3 aromatic rings. The quantitative estimate of drug-likeness (QED) is 0.579. The molecule has 2 aliphatic rings. The van der Waals surface area contributed by atoms with Gasteiger partial charge in [-0.1, -0.05) is 24.3 Å². The molecular formula is C25H23N3O3S2. The lowest BCUT2D eigenvalue weighted by atomic mass is 9.96. The number of para-hydroxylation sites is 1. The summed E-state index contributed by atoms with van der Waals surface area (Å²) >= 11 is 1.45. The molecule has 1 N–H and O–H groups in total. The molecule has 6 nitrogen and oxygen atoms in total. The normalized spacial score (nSPS) is 15.3. The molecule has 0 fully saturated rings. The number of carbonyl (C=O) groups excluding carboxylic acids is 1. The number of hydrogen-bond donors (Lipinski definition) is 1. The molecule has 1 aliphatic carbocycles. The Morgan fingerprint density at radius 3 is 2.70 bits per heavy atom. The molecule has 8 heteroatoms. The first-order valence-corrected chi connectivity index (χ1v) is 13.3. The Bertz CT molecular complexity index is 1390. The maximum absolute atomic E-state index is 13.5. The smallest absolute Gasteiger partial charge is 0.264 e. The van der Waals surface area contributed by atoms with Gasteiger partial charge in [0.1, 0.15) is 11.1 Å². The van der Waals surface area contributed by atoms with Gasteiger partial charge in [0, 0.05) is 17.0 Å². The number of anilines is 2. The predicted octanol–water partition coefficient (Wildman–Crippen LogP) is 4.89. The van der Waals surface area contributed by atoms with E-state index >= 15 is 0 Å². The van der Waals surface area contributed by atoms with Gasteiger partial charge in [0.15, 0.2) is 0 Å². The summed E-state index contributed by atoms with van der Waals surface area (Å²) in [6.07, 6.45) is 5.51. The van der Waals surface area contributed by atoms with Gasteiger partial charge in [-0.3, -0.25) is 9.10 Å². The number of fused-ring (bicyclic) bond motifs is 2. The number of benzene rings is 2. The molecule has 0 saturated carbocycles. The molecule has 0 saturated heterocycles. The van der Waals surface area contributed by atoms with Crippen molar-refractivity contribution in [2.24, 2.45) is 0 Å². The Morgan fingerprint density at radius 2 is 1.85 bits per heavy atom. The lowest BCUT2D eigenvalue weighted by Gasteiger charge is -2.30. The van der Waals surface area contributed by atoms with Crippen LogP contribution in [-0.2, 0) is 29.3 Å². The van der Waals surface area contributed by atoms with Crippen molar-refractivity contribution in [1.29, 1.82) is 5.26 Å². The zero-order valence-corrected chi connectivity index (χ0v) is 19.6. The van der Waals surface area contributed by atoms with Crippen LogP contribution in [0.15, 0.2) is 53.4 Å². The first-order chi connectivity index (χ1) is 16.0. The fourth-order valence-corrected chi connectivity index (χ4v) is 7.44. The first-order valence-electron chi connectivity index (χ1n) is 11.1. The second kappa shape index (κ2) is 8.65. The number of nitrogens with one attached hydrogen (secondary N) is 1. The monoisotopic (exact) mass is 477 g/mol. The van der Waals surface area contributed by atoms with Crippen LogP contribution >= 0.6 is 11.3 Å². The maximum Gasteiger partial charge on any atom is 0.264 e. The van der Waals surface area contributed by atoms with Gasteiger partial charge in [0.05, 0.1) is 16.1 Å². The number of rotatable bonds is 4. The zero-order chi connectivity index (χ0) is 23.0. The van der Waals surface area contributed by atoms with Crippen molar-refractivity contribution in [3.05, 3.63) is 75.7 Å². The molecule has 2 heterocycles. The highest BCUT2D eigenvalue weighted by Gasteiger charge is 2.29. The fraction of sp³-hybridized carbons (Fsp3) is 0.280. The van der Waals surface area contributed by atoms with Crippen LogP contribution in [0.5, 0.6) is 0 Å². The Labute approximate surface area is 197 Å². The number of hydrogen-bond acceptors (Lipinski definition) is 5. The van der Waals surface area contributed by atoms with E-state index in [-0.39, 0.29) is 10.5 Å². The Kier molecular flexibility index (Phi) is 5.69. The van der Waals surface area contributed by atoms with Crippen molar-refractivity contribution in [3.63, 3.8) is 0 Å². The molecule has 0 bridgehead atoms. The minimum Gasteiger partial charge on any atom is -0.312 e. The third-order valence-corrected chi connectivity index (χ3v) is 9.28. The van der Waals surface area contributed by atoms with Crippen molar-refractivity contribution < 1.29 is 13.2 Å². The summed E-state index contributed by atoms with van der Waals surface area (Å²) in [6.45, 7) is 0.405. The number of amides is 1. The summed E-state index contributed by atoms with van der Waals surface area (Å²) in [7, 11) is -3.82. The number of nitriles is 1. The third kappa shape index (κ3) is 3.92. The summed E-state index contributed by atoms with van der Waals surface area (Å²) in [4.78, 5) is 14.3. The number of nitrogens with zero attached hydrogens (tertiary/aromatic N) is 2. The third-order valence-electron chi connectivity index (χ3n) is 6.26. The van der Waals surface area contributed by atoms with E-state index in [1.54, 1.807) is 12.1 Å². The zero-order valence-electron chi connectivity index (χ0n) is 18.0. The summed E-state index contributed by atoms with van der Waals surface area (Å²) in [5.41, 5.74) is 3.53. The molecule has 0 radical (unpaired) electrons. The number of carbonyl (C=O) groups is 1. The summed E-state index contributed by atoms with van der Waals surface area (Å²) in [5, 5.41) is 13.0. The molecule has 168 valence electrons. The average molecular weight is 478 g/mol. The Morgan fingerprint density at radius 1 is 1.03 bits per heavy atom. The van der Waals surface area contributed by atoms with Gasteiger partial charge in [-0.25, -0.2) is 8.42 Å². The SMILES string of the molecule is N#Cc1c(NC(=O)c2cccc(S(=O)(=O)N3CCCc4ccccc43)c2)sc2c1CCCC2. The van der Waals surface area contributed by atoms with Crippen LogP contribution in [0.1, 0.15) is 51.2 Å². The molecule has 1 amide bonds. The molecular weight excluding hydrogens is 454 g/mol. The van der Waals surface area contributed by atoms with Gasteiger partial charge >= 0.3 is 0 Å². The highest BCUT2D eigenvalue weighted by molar-refractivity contribution is 7.92. The van der Waals surface area contributed by atoms with Crippen molar-refractivity contribution in [2.75, 3.05) is 16.2 Å². The minimum atomic E-state index is -3.82. The number of thiophene rings is 1. The molecule has 33 heavy (non-hydrogen) atoms. The second-order valence-electron chi connectivity index (χ2n) is 8.32. The van der Waals surface area contributed by atoms with Crippen molar-refractivity contribution in [1.82, 2.24) is 0 Å². The van der Waals surface area contributed by atoms with Crippen molar-refractivity contribution in [2.45, 2.75) is 43.4 Å². The van der Waals surface area contributed by atoms with Crippen LogP contribution < -0.4 is 9.62 Å². The van der Waals surface area contributed by atoms with Crippen molar-refractivity contribution in [3.8, 4) is 6.07 Å². The summed E-state index contributed by atoms with van der Waals surface area (Å²) in [5.74, 6) is -0.416. The topological polar surface area (TPSA) is 90.3 Å². The highest BCUT2D eigenvalue weighted by Crippen LogP contribution is 2.38. The number of sulfonamides is 1. The van der Waals surface area contributed by atoms with E-state index in [0.717, 1.165) is 54.5 Å². The van der Waals surface area contributed by atoms with Gasteiger partial charge in [0.2, 0.25) is 0 Å². The second-order valence-corrected chi connectivity index (χ2v) is 11.3. The van der Waals surface area contributed by atoms with E-state index in [4.69, 9.17) is 0 Å². The van der Waals surface area contributed by atoms with Crippen LogP contribution in [0.25, 0.3) is 0 Å². The molecule has 0 unspecified atom stereocenters. The predicted molar refractivity (Wildman–Crippen MR) is 129 cm³/mol. The first kappa shape index (κ1) is 21.7. The Balaban J connectivity index is 1.44. The van der Waals surface area contributed by atoms with Gasteiger partial charge in [-0.05, 0) is 73.9 Å². The van der Waals surface area contributed by atoms with Gasteiger partial charge in [0.25, 0.3) is 15.9 Å². The van der Waals surface area contributed by atoms with Crippen LogP contribution in [0.2, 0.25) is 0 Å². The Hall–Kier alpha value is -3.15. The molecule has 5 rings (SSSR count). The van der Waals surface area contributed by atoms with Crippen LogP contribution in [0.4, 0.5) is 10.7 Å². The van der Waals surface area contributed by atoms with E-state index in [2.05, 4.69) is 11.4 Å². The molecule has 1 aliphatic heterocycles. The molecule has 0 spiro atoms. The molecule has 1 aromatic heterocycles. The van der Waals surface area contributed by atoms with E-state index in [1.165, 1.54) is 27.8 Å². The van der Waals surface area contributed by atoms with E-state index < -0.39 is 15.9 Å². The van der Waals surface area contributed by atoms with E-state index in [1.807, 2.05) is 24.3 Å². The van der Waals surface area contributed by atoms with Crippen molar-refractivity contribution >= 4 is 38.0 Å². The largest absolute Gasteiger partial charge is 0.312 e.